The van der Waals surface area contributed by atoms with Crippen LogP contribution in [0.15, 0.2) is 91.0 Å². The number of nitrogens with one attached hydrogen (secondary N) is 1. The van der Waals surface area contributed by atoms with Crippen molar-refractivity contribution in [3.63, 3.8) is 0 Å². The maximum Gasteiger partial charge on any atom is 0.239 e. The van der Waals surface area contributed by atoms with Crippen LogP contribution in [0.25, 0.3) is 0 Å². The standard InChI is InChI=1S/C31H35N3O2/c35-30-27(18-10-11-19-32-29-22-28(29)25-14-6-2-7-15-25)31(36)34(26-16-8-3-9-17-26)21-20-33(30)23-24-12-4-1-5-13-24/h1-9,12-17,27-29,32H,10-11,18-23H2/t27?,28-,29+/m0/s1. The molecule has 1 N–H and O–H groups in total. The highest BCUT2D eigenvalue weighted by Crippen LogP contribution is 2.40. The first-order chi connectivity index (χ1) is 17.7. The number of amides is 2. The van der Waals surface area contributed by atoms with Gasteiger partial charge in [-0.25, -0.2) is 0 Å². The summed E-state index contributed by atoms with van der Waals surface area (Å²) in [5, 5.41) is 3.66. The average Bonchev–Trinajstić information content (AvgIpc) is 3.72. The minimum Gasteiger partial charge on any atom is -0.336 e. The fraction of sp³-hybridized carbons (Fsp3) is 0.355. The molecule has 2 amide bonds. The first kappa shape index (κ1) is 24.3. The Bertz CT molecular complexity index is 1140. The van der Waals surface area contributed by atoms with E-state index in [1.54, 1.807) is 4.90 Å². The fourth-order valence-corrected chi connectivity index (χ4v) is 5.28. The molecule has 5 rings (SSSR count). The molecule has 0 bridgehead atoms. The molecule has 1 saturated heterocycles. The van der Waals surface area contributed by atoms with Crippen molar-refractivity contribution in [3.05, 3.63) is 102 Å². The number of hydrogen-bond acceptors (Lipinski definition) is 3. The number of rotatable bonds is 10. The molecular formula is C31H35N3O2. The van der Waals surface area contributed by atoms with E-state index in [1.165, 1.54) is 12.0 Å². The van der Waals surface area contributed by atoms with E-state index in [0.29, 0.717) is 38.0 Å². The number of nitrogens with zero attached hydrogens (tertiary/aromatic N) is 2. The first-order valence-corrected chi connectivity index (χ1v) is 13.2. The maximum absolute atomic E-state index is 13.6. The number of carbonyl (C=O) groups excluding carboxylic acids is 2. The summed E-state index contributed by atoms with van der Waals surface area (Å²) < 4.78 is 0. The number of hydrogen-bond donors (Lipinski definition) is 1. The van der Waals surface area contributed by atoms with Crippen molar-refractivity contribution in [2.75, 3.05) is 24.5 Å². The molecule has 3 aromatic carbocycles. The topological polar surface area (TPSA) is 52.7 Å². The van der Waals surface area contributed by atoms with Crippen molar-refractivity contribution in [1.29, 1.82) is 0 Å². The Morgan fingerprint density at radius 3 is 2.14 bits per heavy atom. The minimum atomic E-state index is -0.630. The van der Waals surface area contributed by atoms with Gasteiger partial charge in [0.2, 0.25) is 11.8 Å². The lowest BCUT2D eigenvalue weighted by Crippen LogP contribution is -2.39. The van der Waals surface area contributed by atoms with Gasteiger partial charge in [-0.3, -0.25) is 9.59 Å². The molecule has 1 saturated carbocycles. The zero-order chi connectivity index (χ0) is 24.7. The summed E-state index contributed by atoms with van der Waals surface area (Å²) in [6, 6.07) is 31.0. The number of anilines is 1. The van der Waals surface area contributed by atoms with Crippen LogP contribution in [0.3, 0.4) is 0 Å². The van der Waals surface area contributed by atoms with Crippen molar-refractivity contribution in [3.8, 4) is 0 Å². The normalized spacial score (nSPS) is 21.9. The van der Waals surface area contributed by atoms with Crippen LogP contribution in [0.4, 0.5) is 5.69 Å². The second-order valence-corrected chi connectivity index (χ2v) is 9.93. The number of benzene rings is 3. The van der Waals surface area contributed by atoms with Crippen molar-refractivity contribution in [2.45, 2.75) is 44.2 Å². The Morgan fingerprint density at radius 1 is 0.750 bits per heavy atom. The molecule has 0 aromatic heterocycles. The summed E-state index contributed by atoms with van der Waals surface area (Å²) in [5.74, 6) is -0.126. The Hall–Kier alpha value is -3.44. The molecule has 5 heteroatoms. The smallest absolute Gasteiger partial charge is 0.239 e. The molecule has 1 aliphatic heterocycles. The van der Waals surface area contributed by atoms with Gasteiger partial charge in [0.25, 0.3) is 0 Å². The van der Waals surface area contributed by atoms with Gasteiger partial charge in [-0.1, -0.05) is 85.3 Å². The van der Waals surface area contributed by atoms with Gasteiger partial charge in [0.05, 0.1) is 0 Å². The number of carbonyl (C=O) groups is 2. The molecule has 3 atom stereocenters. The largest absolute Gasteiger partial charge is 0.336 e. The summed E-state index contributed by atoms with van der Waals surface area (Å²) >= 11 is 0. The highest BCUT2D eigenvalue weighted by atomic mass is 16.2. The lowest BCUT2D eigenvalue weighted by Gasteiger charge is -2.23. The molecule has 1 heterocycles. The Kier molecular flexibility index (Phi) is 7.77. The second-order valence-electron chi connectivity index (χ2n) is 9.93. The molecule has 3 aromatic rings. The molecule has 0 spiro atoms. The lowest BCUT2D eigenvalue weighted by molar-refractivity contribution is -0.140. The van der Waals surface area contributed by atoms with Gasteiger partial charge in [-0.05, 0) is 49.1 Å². The Balaban J connectivity index is 1.19. The third-order valence-electron chi connectivity index (χ3n) is 7.40. The van der Waals surface area contributed by atoms with Crippen LogP contribution >= 0.6 is 0 Å². The van der Waals surface area contributed by atoms with Crippen LogP contribution in [0.2, 0.25) is 0 Å². The third-order valence-corrected chi connectivity index (χ3v) is 7.40. The minimum absolute atomic E-state index is 0.0402. The van der Waals surface area contributed by atoms with Gasteiger partial charge < -0.3 is 15.1 Å². The van der Waals surface area contributed by atoms with E-state index in [9.17, 15) is 9.59 Å². The molecule has 1 unspecified atom stereocenters. The predicted molar refractivity (Wildman–Crippen MR) is 144 cm³/mol. The molecule has 2 fully saturated rings. The lowest BCUT2D eigenvalue weighted by atomic mass is 9.98. The average molecular weight is 482 g/mol. The van der Waals surface area contributed by atoms with Gasteiger partial charge in [0, 0.05) is 37.3 Å². The summed E-state index contributed by atoms with van der Waals surface area (Å²) in [5.41, 5.74) is 3.36. The van der Waals surface area contributed by atoms with Crippen LogP contribution in [0, 0.1) is 5.92 Å². The number of para-hydroxylation sites is 1. The van der Waals surface area contributed by atoms with Crippen molar-refractivity contribution < 1.29 is 9.59 Å². The van der Waals surface area contributed by atoms with E-state index in [4.69, 9.17) is 0 Å². The highest BCUT2D eigenvalue weighted by molar-refractivity contribution is 6.08. The Morgan fingerprint density at radius 2 is 1.42 bits per heavy atom. The molecule has 36 heavy (non-hydrogen) atoms. The molecule has 186 valence electrons. The summed E-state index contributed by atoms with van der Waals surface area (Å²) in [7, 11) is 0. The molecular weight excluding hydrogens is 446 g/mol. The number of unbranched alkanes of at least 4 members (excludes halogenated alkanes) is 1. The zero-order valence-corrected chi connectivity index (χ0v) is 20.8. The van der Waals surface area contributed by atoms with Gasteiger partial charge >= 0.3 is 0 Å². The van der Waals surface area contributed by atoms with Gasteiger partial charge in [-0.2, -0.15) is 0 Å². The van der Waals surface area contributed by atoms with E-state index in [0.717, 1.165) is 30.6 Å². The SMILES string of the molecule is O=C1C(CCCCN[C@@H]2C[C@H]2c2ccccc2)C(=O)N(c2ccccc2)CCN1Cc1ccccc1. The van der Waals surface area contributed by atoms with Crippen molar-refractivity contribution in [2.24, 2.45) is 5.92 Å². The Labute approximate surface area is 214 Å². The van der Waals surface area contributed by atoms with Crippen LogP contribution in [-0.4, -0.2) is 42.4 Å². The molecule has 1 aliphatic carbocycles. The van der Waals surface area contributed by atoms with Gasteiger partial charge in [-0.15, -0.1) is 0 Å². The molecule has 5 nitrogen and oxygen atoms in total. The molecule has 0 radical (unpaired) electrons. The van der Waals surface area contributed by atoms with Crippen molar-refractivity contribution >= 4 is 17.5 Å². The van der Waals surface area contributed by atoms with Crippen LogP contribution in [0.5, 0.6) is 0 Å². The van der Waals surface area contributed by atoms with Crippen LogP contribution < -0.4 is 10.2 Å². The van der Waals surface area contributed by atoms with Crippen LogP contribution in [-0.2, 0) is 16.1 Å². The quantitative estimate of drug-likeness (QED) is 0.328. The fourth-order valence-electron chi connectivity index (χ4n) is 5.28. The molecule has 2 aliphatic rings. The second kappa shape index (κ2) is 11.5. The van der Waals surface area contributed by atoms with Crippen molar-refractivity contribution in [1.82, 2.24) is 10.2 Å². The van der Waals surface area contributed by atoms with E-state index in [1.807, 2.05) is 65.6 Å². The van der Waals surface area contributed by atoms with E-state index in [2.05, 4.69) is 35.6 Å². The third kappa shape index (κ3) is 5.85. The van der Waals surface area contributed by atoms with E-state index < -0.39 is 5.92 Å². The highest BCUT2D eigenvalue weighted by Gasteiger charge is 2.38. The first-order valence-electron chi connectivity index (χ1n) is 13.2. The summed E-state index contributed by atoms with van der Waals surface area (Å²) in [6.45, 7) is 2.51. The summed E-state index contributed by atoms with van der Waals surface area (Å²) in [4.78, 5) is 30.9. The van der Waals surface area contributed by atoms with Crippen LogP contribution in [0.1, 0.15) is 42.7 Å². The monoisotopic (exact) mass is 481 g/mol. The van der Waals surface area contributed by atoms with Gasteiger partial charge in [0.15, 0.2) is 0 Å². The van der Waals surface area contributed by atoms with E-state index in [-0.39, 0.29) is 11.8 Å². The van der Waals surface area contributed by atoms with Gasteiger partial charge in [0.1, 0.15) is 5.92 Å². The zero-order valence-electron chi connectivity index (χ0n) is 20.8. The predicted octanol–water partition coefficient (Wildman–Crippen LogP) is 4.99. The summed E-state index contributed by atoms with van der Waals surface area (Å²) in [6.07, 6.45) is 3.57. The maximum atomic E-state index is 13.6. The van der Waals surface area contributed by atoms with E-state index >= 15 is 0 Å².